The zero-order valence-corrected chi connectivity index (χ0v) is 6.54. The highest BCUT2D eigenvalue weighted by Gasteiger charge is 2.24. The quantitative estimate of drug-likeness (QED) is 0.495. The van der Waals surface area contributed by atoms with Gasteiger partial charge < -0.3 is 15.2 Å². The molecule has 0 radical (unpaired) electrons. The number of ether oxygens (including phenoxy) is 1. The Kier molecular flexibility index (Phi) is 2.84. The number of aliphatic hydroxyl groups excluding tert-OH is 1. The van der Waals surface area contributed by atoms with E-state index in [1.54, 1.807) is 0 Å². The van der Waals surface area contributed by atoms with Crippen LogP contribution in [-0.2, 0) is 9.53 Å². The number of hydrogen-bond acceptors (Lipinski definition) is 4. The predicted molar refractivity (Wildman–Crippen MR) is 39.0 cm³/mol. The van der Waals surface area contributed by atoms with Crippen LogP contribution in [0.25, 0.3) is 0 Å². The number of carbonyl (C=O) groups is 1. The van der Waals surface area contributed by atoms with E-state index in [1.807, 2.05) is 0 Å². The average molecular weight is 159 g/mol. The van der Waals surface area contributed by atoms with Gasteiger partial charge in [0.15, 0.2) is 0 Å². The van der Waals surface area contributed by atoms with Crippen molar-refractivity contribution in [2.75, 3.05) is 13.7 Å². The molecule has 0 saturated carbocycles. The lowest BCUT2D eigenvalue weighted by Gasteiger charge is -2.24. The molecule has 0 bridgehead atoms. The van der Waals surface area contributed by atoms with Crippen LogP contribution in [0.5, 0.6) is 0 Å². The molecule has 0 aromatic rings. The number of hydrogen-bond donors (Lipinski definition) is 2. The van der Waals surface area contributed by atoms with E-state index in [-0.39, 0.29) is 18.1 Å². The second kappa shape index (κ2) is 3.69. The summed E-state index contributed by atoms with van der Waals surface area (Å²) < 4.78 is 4.54. The van der Waals surface area contributed by atoms with E-state index in [4.69, 9.17) is 5.11 Å². The van der Waals surface area contributed by atoms with Crippen molar-refractivity contribution in [2.45, 2.75) is 25.0 Å². The van der Waals surface area contributed by atoms with Gasteiger partial charge in [-0.15, -0.1) is 0 Å². The molecule has 2 N–H and O–H groups in total. The summed E-state index contributed by atoms with van der Waals surface area (Å²) in [5.74, 6) is -0.239. The molecule has 1 rings (SSSR count). The smallest absolute Gasteiger partial charge is 0.322 e. The molecule has 1 aliphatic heterocycles. The fraction of sp³-hybridized carbons (Fsp3) is 0.857. The van der Waals surface area contributed by atoms with E-state index in [0.29, 0.717) is 19.4 Å². The summed E-state index contributed by atoms with van der Waals surface area (Å²) in [5, 5.41) is 12.0. The Morgan fingerprint density at radius 3 is 2.82 bits per heavy atom. The Labute approximate surface area is 65.5 Å². The van der Waals surface area contributed by atoms with Crippen molar-refractivity contribution in [3.63, 3.8) is 0 Å². The second-order valence-electron chi connectivity index (χ2n) is 2.72. The van der Waals surface area contributed by atoms with Crippen LogP contribution in [0.4, 0.5) is 0 Å². The fourth-order valence-electron chi connectivity index (χ4n) is 1.18. The fourth-order valence-corrected chi connectivity index (χ4v) is 1.18. The number of piperidine rings is 1. The largest absolute Gasteiger partial charge is 0.468 e. The van der Waals surface area contributed by atoms with Crippen molar-refractivity contribution in [1.29, 1.82) is 0 Å². The normalized spacial score (nSPS) is 31.5. The molecule has 1 fully saturated rings. The Bertz CT molecular complexity index is 141. The summed E-state index contributed by atoms with van der Waals surface area (Å²) in [6.07, 6.45) is 1.02. The van der Waals surface area contributed by atoms with E-state index in [9.17, 15) is 4.79 Å². The van der Waals surface area contributed by atoms with Crippen molar-refractivity contribution < 1.29 is 14.6 Å². The number of rotatable bonds is 1. The van der Waals surface area contributed by atoms with Gasteiger partial charge in [-0.2, -0.15) is 0 Å². The van der Waals surface area contributed by atoms with E-state index < -0.39 is 0 Å². The highest BCUT2D eigenvalue weighted by atomic mass is 16.5. The predicted octanol–water partition coefficient (Wildman–Crippen LogP) is -0.728. The Morgan fingerprint density at radius 2 is 2.36 bits per heavy atom. The molecule has 0 aromatic heterocycles. The van der Waals surface area contributed by atoms with E-state index in [0.717, 1.165) is 0 Å². The van der Waals surface area contributed by atoms with Crippen LogP contribution >= 0.6 is 0 Å². The molecular formula is C7H13NO3. The van der Waals surface area contributed by atoms with Crippen LogP contribution in [0.3, 0.4) is 0 Å². The minimum Gasteiger partial charge on any atom is -0.468 e. The zero-order valence-electron chi connectivity index (χ0n) is 6.54. The number of methoxy groups -OCH3 is 1. The summed E-state index contributed by atoms with van der Waals surface area (Å²) in [6, 6.07) is -0.219. The molecule has 0 aliphatic carbocycles. The molecule has 0 spiro atoms. The van der Waals surface area contributed by atoms with Gasteiger partial charge in [-0.05, 0) is 12.8 Å². The lowest BCUT2D eigenvalue weighted by Crippen LogP contribution is -2.46. The van der Waals surface area contributed by atoms with Gasteiger partial charge in [-0.1, -0.05) is 0 Å². The van der Waals surface area contributed by atoms with Crippen LogP contribution in [0.1, 0.15) is 12.8 Å². The third kappa shape index (κ3) is 2.17. The lowest BCUT2D eigenvalue weighted by atomic mass is 10.0. The Morgan fingerprint density at radius 1 is 1.64 bits per heavy atom. The van der Waals surface area contributed by atoms with E-state index in [2.05, 4.69) is 10.1 Å². The van der Waals surface area contributed by atoms with Gasteiger partial charge in [-0.25, -0.2) is 0 Å². The van der Waals surface area contributed by atoms with Crippen LogP contribution in [0.15, 0.2) is 0 Å². The monoisotopic (exact) mass is 159 g/mol. The van der Waals surface area contributed by atoms with Gasteiger partial charge in [0.1, 0.15) is 6.04 Å². The molecular weight excluding hydrogens is 146 g/mol. The molecule has 0 amide bonds. The molecule has 2 atom stereocenters. The standard InChI is InChI=1S/C7H13NO3/c1-11-7(10)6-3-2-5(9)4-8-6/h5-6,8-9H,2-4H2,1H3/t5-,6+/m0/s1. The molecule has 4 heteroatoms. The summed E-state index contributed by atoms with van der Waals surface area (Å²) in [5.41, 5.74) is 0. The first kappa shape index (κ1) is 8.49. The molecule has 4 nitrogen and oxygen atoms in total. The Balaban J connectivity index is 2.33. The summed E-state index contributed by atoms with van der Waals surface area (Å²) >= 11 is 0. The summed E-state index contributed by atoms with van der Waals surface area (Å²) in [6.45, 7) is 0.486. The van der Waals surface area contributed by atoms with Crippen molar-refractivity contribution >= 4 is 5.97 Å². The summed E-state index contributed by atoms with van der Waals surface area (Å²) in [7, 11) is 1.37. The van der Waals surface area contributed by atoms with Gasteiger partial charge in [0, 0.05) is 6.54 Å². The highest BCUT2D eigenvalue weighted by molar-refractivity contribution is 5.75. The van der Waals surface area contributed by atoms with Crippen LogP contribution in [0, 0.1) is 0 Å². The molecule has 1 heterocycles. The van der Waals surface area contributed by atoms with Crippen molar-refractivity contribution in [3.8, 4) is 0 Å². The maximum absolute atomic E-state index is 10.9. The number of aliphatic hydroxyl groups is 1. The lowest BCUT2D eigenvalue weighted by molar-refractivity contribution is -0.144. The molecule has 1 aliphatic rings. The zero-order chi connectivity index (χ0) is 8.27. The number of carbonyl (C=O) groups excluding carboxylic acids is 1. The highest BCUT2D eigenvalue weighted by Crippen LogP contribution is 2.08. The van der Waals surface area contributed by atoms with E-state index in [1.165, 1.54) is 7.11 Å². The average Bonchev–Trinajstić information content (AvgIpc) is 2.05. The number of β-amino-alcohol motifs (C(OH)–C–C–N with tert-alkyl or cyclic N) is 1. The van der Waals surface area contributed by atoms with Crippen molar-refractivity contribution in [2.24, 2.45) is 0 Å². The topological polar surface area (TPSA) is 58.6 Å². The molecule has 11 heavy (non-hydrogen) atoms. The second-order valence-corrected chi connectivity index (χ2v) is 2.72. The van der Waals surface area contributed by atoms with Gasteiger partial charge in [0.25, 0.3) is 0 Å². The van der Waals surface area contributed by atoms with Gasteiger partial charge in [0.2, 0.25) is 0 Å². The minimum absolute atomic E-state index is 0.219. The van der Waals surface area contributed by atoms with Gasteiger partial charge in [-0.3, -0.25) is 4.79 Å². The summed E-state index contributed by atoms with van der Waals surface area (Å²) in [4.78, 5) is 10.9. The number of esters is 1. The number of nitrogens with one attached hydrogen (secondary N) is 1. The Hall–Kier alpha value is -0.610. The van der Waals surface area contributed by atoms with Crippen LogP contribution in [-0.4, -0.2) is 36.9 Å². The van der Waals surface area contributed by atoms with Crippen molar-refractivity contribution in [3.05, 3.63) is 0 Å². The third-order valence-electron chi connectivity index (χ3n) is 1.87. The molecule has 1 saturated heterocycles. The SMILES string of the molecule is COC(=O)[C@H]1CC[C@H](O)CN1. The van der Waals surface area contributed by atoms with Crippen LogP contribution < -0.4 is 5.32 Å². The molecule has 0 unspecified atom stereocenters. The van der Waals surface area contributed by atoms with Crippen LogP contribution in [0.2, 0.25) is 0 Å². The maximum atomic E-state index is 10.9. The third-order valence-corrected chi connectivity index (χ3v) is 1.87. The van der Waals surface area contributed by atoms with Crippen molar-refractivity contribution in [1.82, 2.24) is 5.32 Å². The minimum atomic E-state index is -0.309. The maximum Gasteiger partial charge on any atom is 0.322 e. The first-order chi connectivity index (χ1) is 5.24. The first-order valence-corrected chi connectivity index (χ1v) is 3.73. The van der Waals surface area contributed by atoms with Gasteiger partial charge >= 0.3 is 5.97 Å². The first-order valence-electron chi connectivity index (χ1n) is 3.73. The van der Waals surface area contributed by atoms with E-state index >= 15 is 0 Å². The van der Waals surface area contributed by atoms with Gasteiger partial charge in [0.05, 0.1) is 13.2 Å². The molecule has 64 valence electrons. The molecule has 0 aromatic carbocycles.